The number of halogens is 2. The van der Waals surface area contributed by atoms with Gasteiger partial charge in [0.05, 0.1) is 18.2 Å². The van der Waals surface area contributed by atoms with Gasteiger partial charge < -0.3 is 0 Å². The lowest BCUT2D eigenvalue weighted by Gasteiger charge is -2.11. The maximum absolute atomic E-state index is 14.7. The first-order chi connectivity index (χ1) is 14.3. The normalized spacial score (nSPS) is 11.6. The molecule has 0 saturated heterocycles. The van der Waals surface area contributed by atoms with Crippen LogP contribution in [0, 0.1) is 11.6 Å². The molecule has 0 atom stereocenters. The zero-order chi connectivity index (χ0) is 21.7. The van der Waals surface area contributed by atoms with Crippen LogP contribution in [0.2, 0.25) is 0 Å². The quantitative estimate of drug-likeness (QED) is 0.355. The molecule has 3 rings (SSSR count). The average Bonchev–Trinajstić information content (AvgIpc) is 2.69. The largest absolute Gasteiger partial charge is 0.297 e. The van der Waals surface area contributed by atoms with Crippen LogP contribution in [0.1, 0.15) is 11.1 Å². The van der Waals surface area contributed by atoms with E-state index < -0.39 is 32.2 Å². The fourth-order valence-corrected chi connectivity index (χ4v) is 3.38. The molecule has 9 heteroatoms. The van der Waals surface area contributed by atoms with Crippen LogP contribution in [0.3, 0.4) is 0 Å². The number of hydrogen-bond donors (Lipinski definition) is 2. The van der Waals surface area contributed by atoms with E-state index in [1.807, 2.05) is 6.07 Å². The fraction of sp³-hybridized carbons (Fsp3) is 0.0476. The SMILES string of the molecule is O=C(Cc1ccccc1)N/N=C/c1ccccc1-c1c(F)ccc(S(=O)(=O)O)c1F. The minimum absolute atomic E-state index is 0.000872. The van der Waals surface area contributed by atoms with E-state index in [2.05, 4.69) is 10.5 Å². The minimum Gasteiger partial charge on any atom is -0.282 e. The molecule has 3 aromatic carbocycles. The van der Waals surface area contributed by atoms with Crippen molar-refractivity contribution < 1.29 is 26.5 Å². The van der Waals surface area contributed by atoms with Crippen molar-refractivity contribution in [3.8, 4) is 11.1 Å². The Labute approximate surface area is 171 Å². The van der Waals surface area contributed by atoms with E-state index in [0.29, 0.717) is 6.07 Å². The van der Waals surface area contributed by atoms with E-state index in [0.717, 1.165) is 11.6 Å². The maximum Gasteiger partial charge on any atom is 0.297 e. The predicted octanol–water partition coefficient (Wildman–Crippen LogP) is 3.57. The number of benzene rings is 3. The highest BCUT2D eigenvalue weighted by Gasteiger charge is 2.23. The molecule has 0 heterocycles. The summed E-state index contributed by atoms with van der Waals surface area (Å²) in [6.45, 7) is 0. The summed E-state index contributed by atoms with van der Waals surface area (Å²) in [5.41, 5.74) is 2.71. The van der Waals surface area contributed by atoms with Crippen molar-refractivity contribution >= 4 is 22.2 Å². The molecule has 0 fully saturated rings. The first kappa shape index (κ1) is 21.3. The molecular formula is C21H16F2N2O4S. The van der Waals surface area contributed by atoms with Gasteiger partial charge in [0.2, 0.25) is 5.91 Å². The van der Waals surface area contributed by atoms with Crippen LogP contribution in [0.4, 0.5) is 8.78 Å². The zero-order valence-corrected chi connectivity index (χ0v) is 16.2. The number of carbonyl (C=O) groups excluding carboxylic acids is 1. The number of hydrazone groups is 1. The van der Waals surface area contributed by atoms with Gasteiger partial charge in [-0.05, 0) is 23.3 Å². The molecule has 0 radical (unpaired) electrons. The summed E-state index contributed by atoms with van der Waals surface area (Å²) in [5, 5.41) is 3.82. The first-order valence-corrected chi connectivity index (χ1v) is 10.1. The zero-order valence-electron chi connectivity index (χ0n) is 15.4. The molecule has 30 heavy (non-hydrogen) atoms. The van der Waals surface area contributed by atoms with Crippen LogP contribution < -0.4 is 5.43 Å². The average molecular weight is 430 g/mol. The van der Waals surface area contributed by atoms with E-state index in [-0.39, 0.29) is 23.5 Å². The van der Waals surface area contributed by atoms with E-state index in [1.54, 1.807) is 30.3 Å². The summed E-state index contributed by atoms with van der Waals surface area (Å²) in [7, 11) is -4.88. The first-order valence-electron chi connectivity index (χ1n) is 8.68. The van der Waals surface area contributed by atoms with Gasteiger partial charge in [-0.15, -0.1) is 0 Å². The molecule has 0 aliphatic rings. The van der Waals surface area contributed by atoms with Crippen molar-refractivity contribution in [3.05, 3.63) is 89.5 Å². The van der Waals surface area contributed by atoms with Crippen molar-refractivity contribution in [1.29, 1.82) is 0 Å². The fourth-order valence-electron chi connectivity index (χ4n) is 2.81. The van der Waals surface area contributed by atoms with Crippen molar-refractivity contribution in [2.24, 2.45) is 5.10 Å². The molecule has 0 aromatic heterocycles. The van der Waals surface area contributed by atoms with Gasteiger partial charge in [0, 0.05) is 5.56 Å². The molecule has 6 nitrogen and oxygen atoms in total. The third-order valence-electron chi connectivity index (χ3n) is 4.16. The Morgan fingerprint density at radius 2 is 1.67 bits per heavy atom. The van der Waals surface area contributed by atoms with Gasteiger partial charge in [0.15, 0.2) is 5.82 Å². The summed E-state index contributed by atoms with van der Waals surface area (Å²) in [5.74, 6) is -2.83. The van der Waals surface area contributed by atoms with E-state index in [1.165, 1.54) is 24.4 Å². The van der Waals surface area contributed by atoms with Crippen LogP contribution in [0.5, 0.6) is 0 Å². The second-order valence-electron chi connectivity index (χ2n) is 6.25. The number of nitrogens with one attached hydrogen (secondary N) is 1. The van der Waals surface area contributed by atoms with Crippen LogP contribution in [-0.2, 0) is 21.3 Å². The van der Waals surface area contributed by atoms with Crippen molar-refractivity contribution in [3.63, 3.8) is 0 Å². The van der Waals surface area contributed by atoms with Crippen LogP contribution in [0.15, 0.2) is 76.7 Å². The number of hydrogen-bond acceptors (Lipinski definition) is 4. The third kappa shape index (κ3) is 4.94. The lowest BCUT2D eigenvalue weighted by molar-refractivity contribution is -0.120. The number of rotatable bonds is 6. The molecule has 2 N–H and O–H groups in total. The lowest BCUT2D eigenvalue weighted by atomic mass is 9.99. The smallest absolute Gasteiger partial charge is 0.282 e. The Morgan fingerprint density at radius 1 is 1.00 bits per heavy atom. The van der Waals surface area contributed by atoms with E-state index in [4.69, 9.17) is 4.55 Å². The molecule has 3 aromatic rings. The monoisotopic (exact) mass is 430 g/mol. The van der Waals surface area contributed by atoms with E-state index in [9.17, 15) is 22.0 Å². The summed E-state index contributed by atoms with van der Waals surface area (Å²) in [6.07, 6.45) is 1.29. The summed E-state index contributed by atoms with van der Waals surface area (Å²) >= 11 is 0. The molecule has 0 spiro atoms. The Hall–Kier alpha value is -3.43. The molecule has 0 aliphatic heterocycles. The van der Waals surface area contributed by atoms with Crippen LogP contribution >= 0.6 is 0 Å². The standard InChI is InChI=1S/C21H16F2N2O4S/c22-17-10-11-18(30(27,28)29)21(23)20(17)16-9-5-4-8-15(16)13-24-25-19(26)12-14-6-2-1-3-7-14/h1-11,13H,12H2,(H,25,26)(H,27,28,29)/b24-13+. The van der Waals surface area contributed by atoms with Gasteiger partial charge in [0.25, 0.3) is 10.1 Å². The van der Waals surface area contributed by atoms with Gasteiger partial charge >= 0.3 is 0 Å². The Kier molecular flexibility index (Phi) is 6.34. The number of nitrogens with zero attached hydrogens (tertiary/aromatic N) is 1. The predicted molar refractivity (Wildman–Crippen MR) is 107 cm³/mol. The number of carbonyl (C=O) groups is 1. The van der Waals surface area contributed by atoms with Gasteiger partial charge in [-0.3, -0.25) is 9.35 Å². The van der Waals surface area contributed by atoms with Gasteiger partial charge in [-0.25, -0.2) is 14.2 Å². The van der Waals surface area contributed by atoms with Gasteiger partial charge in [-0.2, -0.15) is 13.5 Å². The summed E-state index contributed by atoms with van der Waals surface area (Å²) < 4.78 is 60.9. The molecular weight excluding hydrogens is 414 g/mol. The van der Waals surface area contributed by atoms with Crippen molar-refractivity contribution in [2.75, 3.05) is 0 Å². The van der Waals surface area contributed by atoms with Crippen LogP contribution in [-0.4, -0.2) is 25.1 Å². The van der Waals surface area contributed by atoms with E-state index >= 15 is 0 Å². The van der Waals surface area contributed by atoms with Gasteiger partial charge in [-0.1, -0.05) is 54.6 Å². The molecule has 0 bridgehead atoms. The molecule has 0 saturated carbocycles. The van der Waals surface area contributed by atoms with Crippen molar-refractivity contribution in [1.82, 2.24) is 5.43 Å². The third-order valence-corrected chi connectivity index (χ3v) is 5.04. The molecule has 0 aliphatic carbocycles. The lowest BCUT2D eigenvalue weighted by Crippen LogP contribution is -2.19. The molecule has 0 unspecified atom stereocenters. The Bertz CT molecular complexity index is 1210. The summed E-state index contributed by atoms with van der Waals surface area (Å²) in [4.78, 5) is 10.9. The minimum atomic E-state index is -4.88. The Balaban J connectivity index is 1.89. The topological polar surface area (TPSA) is 95.8 Å². The maximum atomic E-state index is 14.7. The highest BCUT2D eigenvalue weighted by Crippen LogP contribution is 2.31. The second-order valence-corrected chi connectivity index (χ2v) is 7.64. The summed E-state index contributed by atoms with van der Waals surface area (Å²) in [6, 6.07) is 16.3. The van der Waals surface area contributed by atoms with Crippen LogP contribution in [0.25, 0.3) is 11.1 Å². The van der Waals surface area contributed by atoms with Gasteiger partial charge in [0.1, 0.15) is 10.7 Å². The highest BCUT2D eigenvalue weighted by atomic mass is 32.2. The second kappa shape index (κ2) is 8.93. The van der Waals surface area contributed by atoms with Crippen molar-refractivity contribution in [2.45, 2.75) is 11.3 Å². The highest BCUT2D eigenvalue weighted by molar-refractivity contribution is 7.85. The Morgan fingerprint density at radius 3 is 2.37 bits per heavy atom. The molecule has 1 amide bonds. The molecule has 154 valence electrons. The number of amides is 1.